The van der Waals surface area contributed by atoms with Crippen LogP contribution in [0.3, 0.4) is 0 Å². The lowest BCUT2D eigenvalue weighted by Gasteiger charge is -2.36. The lowest BCUT2D eigenvalue weighted by molar-refractivity contribution is -0.137. The Kier molecular flexibility index (Phi) is 5.38. The number of nitrogens with one attached hydrogen (secondary N) is 2. The summed E-state index contributed by atoms with van der Waals surface area (Å²) in [5.41, 5.74) is 0.0790. The van der Waals surface area contributed by atoms with E-state index in [0.29, 0.717) is 48.4 Å². The number of alkyl halides is 3. The first kappa shape index (κ1) is 23.1. The van der Waals surface area contributed by atoms with E-state index in [2.05, 4.69) is 20.1 Å². The van der Waals surface area contributed by atoms with Crippen molar-refractivity contribution >= 4 is 23.4 Å². The maximum absolute atomic E-state index is 13.1. The van der Waals surface area contributed by atoms with Gasteiger partial charge in [-0.25, -0.2) is 14.8 Å². The molecule has 4 aromatic heterocycles. The highest BCUT2D eigenvalue weighted by Crippen LogP contribution is 2.31. The molecule has 0 spiro atoms. The van der Waals surface area contributed by atoms with Crippen LogP contribution >= 0.6 is 0 Å². The molecule has 4 aromatic rings. The molecule has 1 saturated carbocycles. The molecular weight excluding hydrogens is 491 g/mol. The average molecular weight is 513 g/mol. The van der Waals surface area contributed by atoms with Gasteiger partial charge in [-0.05, 0) is 31.1 Å². The third-order valence-corrected chi connectivity index (χ3v) is 6.36. The minimum atomic E-state index is -4.43. The average Bonchev–Trinajstić information content (AvgIpc) is 3.51. The standard InChI is InChI=1S/C23H22F3N9O2/c24-23(25,26)14-3-4-27-17(10-14)33-5-7-34(8-6-33)18-11-19(29-15-1-2-15)35-20(31-18)13(12-28-35)9-16-21(36)32-22(37)30-16/h3-4,9-12,15,36H,1-2,5-8H2,(H2,30,32,37). The lowest BCUT2D eigenvalue weighted by atomic mass is 10.2. The van der Waals surface area contributed by atoms with Crippen molar-refractivity contribution in [3.8, 4) is 5.88 Å². The molecule has 2 aliphatic rings. The summed E-state index contributed by atoms with van der Waals surface area (Å²) in [5.74, 6) is 0.656. The molecule has 0 atom stereocenters. The van der Waals surface area contributed by atoms with E-state index >= 15 is 0 Å². The number of pyridine rings is 1. The van der Waals surface area contributed by atoms with Crippen molar-refractivity contribution < 1.29 is 18.3 Å². The van der Waals surface area contributed by atoms with Gasteiger partial charge in [0.2, 0.25) is 5.88 Å². The second kappa shape index (κ2) is 8.64. The van der Waals surface area contributed by atoms with Crippen LogP contribution in [0, 0.1) is 0 Å². The van der Waals surface area contributed by atoms with Gasteiger partial charge in [0.1, 0.15) is 17.3 Å². The zero-order valence-corrected chi connectivity index (χ0v) is 19.4. The van der Waals surface area contributed by atoms with Crippen molar-refractivity contribution in [2.75, 3.05) is 36.0 Å². The Labute approximate surface area is 206 Å². The molecule has 0 bridgehead atoms. The van der Waals surface area contributed by atoms with Gasteiger partial charge in [0, 0.05) is 43.7 Å². The van der Waals surface area contributed by atoms with Crippen LogP contribution < -0.4 is 26.2 Å². The largest absolute Gasteiger partial charge is 0.493 e. The van der Waals surface area contributed by atoms with Gasteiger partial charge in [-0.1, -0.05) is 0 Å². The lowest BCUT2D eigenvalue weighted by Crippen LogP contribution is -2.47. The second-order valence-electron chi connectivity index (χ2n) is 9.03. The normalized spacial score (nSPS) is 17.8. The van der Waals surface area contributed by atoms with Crippen LogP contribution in [0.1, 0.15) is 24.1 Å². The molecule has 0 aromatic carbocycles. The highest BCUT2D eigenvalue weighted by Gasteiger charge is 2.31. The van der Waals surface area contributed by atoms with E-state index in [1.807, 2.05) is 15.9 Å². The van der Waals surface area contributed by atoms with E-state index in [9.17, 15) is 23.1 Å². The van der Waals surface area contributed by atoms with Crippen LogP contribution in [-0.2, 0) is 6.18 Å². The number of H-pyrrole nitrogens is 2. The molecule has 1 aliphatic heterocycles. The number of aromatic hydroxyl groups is 1. The van der Waals surface area contributed by atoms with Crippen LogP contribution in [0.4, 0.5) is 24.8 Å². The smallest absolute Gasteiger partial charge is 0.416 e. The Balaban J connectivity index is 1.33. The predicted molar refractivity (Wildman–Crippen MR) is 127 cm³/mol. The van der Waals surface area contributed by atoms with Crippen molar-refractivity contribution in [1.82, 2.24) is 29.5 Å². The van der Waals surface area contributed by atoms with E-state index in [0.717, 1.165) is 25.0 Å². The number of piperazine rings is 1. The minimum absolute atomic E-state index is 0.204. The van der Waals surface area contributed by atoms with Crippen molar-refractivity contribution in [3.05, 3.63) is 63.0 Å². The number of fused-ring (bicyclic) bond motifs is 1. The van der Waals surface area contributed by atoms with E-state index < -0.39 is 17.4 Å². The fourth-order valence-corrected chi connectivity index (χ4v) is 4.28. The maximum Gasteiger partial charge on any atom is 0.416 e. The summed E-state index contributed by atoms with van der Waals surface area (Å²) in [6.07, 6.45) is 1.91. The quantitative estimate of drug-likeness (QED) is 0.368. The van der Waals surface area contributed by atoms with E-state index in [1.54, 1.807) is 16.8 Å². The molecule has 3 N–H and O–H groups in total. The highest BCUT2D eigenvalue weighted by atomic mass is 19.4. The highest BCUT2D eigenvalue weighted by molar-refractivity contribution is 5.58. The Morgan fingerprint density at radius 3 is 2.46 bits per heavy atom. The number of nitrogens with zero attached hydrogens (tertiary/aromatic N) is 7. The molecule has 5 heterocycles. The van der Waals surface area contributed by atoms with Gasteiger partial charge in [-0.2, -0.15) is 22.8 Å². The molecule has 0 radical (unpaired) electrons. The molecule has 0 amide bonds. The molecule has 192 valence electrons. The van der Waals surface area contributed by atoms with Crippen molar-refractivity contribution in [2.45, 2.75) is 25.1 Å². The second-order valence-corrected chi connectivity index (χ2v) is 9.03. The summed E-state index contributed by atoms with van der Waals surface area (Å²) in [4.78, 5) is 33.9. The monoisotopic (exact) mass is 513 g/mol. The summed E-state index contributed by atoms with van der Waals surface area (Å²) in [6.45, 7) is 1.96. The predicted octanol–water partition coefficient (Wildman–Crippen LogP) is 0.803. The van der Waals surface area contributed by atoms with E-state index in [4.69, 9.17) is 9.98 Å². The van der Waals surface area contributed by atoms with Gasteiger partial charge in [0.15, 0.2) is 11.1 Å². The Morgan fingerprint density at radius 2 is 1.81 bits per heavy atom. The van der Waals surface area contributed by atoms with Gasteiger partial charge in [-0.3, -0.25) is 9.98 Å². The van der Waals surface area contributed by atoms with Crippen LogP contribution in [0.2, 0.25) is 0 Å². The fourth-order valence-electron chi connectivity index (χ4n) is 4.28. The number of halogens is 3. The number of aromatic amines is 2. The Morgan fingerprint density at radius 1 is 1.08 bits per heavy atom. The van der Waals surface area contributed by atoms with Crippen LogP contribution in [0.5, 0.6) is 5.88 Å². The van der Waals surface area contributed by atoms with Crippen molar-refractivity contribution in [3.63, 3.8) is 0 Å². The first-order valence-corrected chi connectivity index (χ1v) is 11.7. The molecule has 2 fully saturated rings. The van der Waals surface area contributed by atoms with E-state index in [-0.39, 0.29) is 23.4 Å². The number of imidazole rings is 1. The van der Waals surface area contributed by atoms with Gasteiger partial charge >= 0.3 is 11.9 Å². The summed E-state index contributed by atoms with van der Waals surface area (Å²) in [6, 6.07) is 4.12. The molecular formula is C23H22F3N9O2. The van der Waals surface area contributed by atoms with Gasteiger partial charge in [0.25, 0.3) is 0 Å². The summed E-state index contributed by atoms with van der Waals surface area (Å²) < 4.78 is 41.0. The molecule has 14 heteroatoms. The summed E-state index contributed by atoms with van der Waals surface area (Å²) in [7, 11) is 0. The topological polar surface area (TPSA) is 131 Å². The van der Waals surface area contributed by atoms with Gasteiger partial charge in [-0.15, -0.1) is 0 Å². The SMILES string of the molecule is O=c1[nH]c(O)c(C=c2cnn3c(=NC4CC4)cc(N4CCN(c5cc(C(F)(F)F)ccn5)CC4)nc23)[nH]1. The first-order valence-electron chi connectivity index (χ1n) is 11.7. The number of hydrogen-bond donors (Lipinski definition) is 3. The molecule has 1 aliphatic carbocycles. The fraction of sp³-hybridized carbons (Fsp3) is 0.348. The van der Waals surface area contributed by atoms with Crippen LogP contribution in [-0.4, -0.2) is 66.9 Å². The molecule has 0 unspecified atom stereocenters. The first-order chi connectivity index (χ1) is 17.7. The molecule has 11 nitrogen and oxygen atoms in total. The number of aromatic nitrogens is 6. The van der Waals surface area contributed by atoms with Crippen molar-refractivity contribution in [2.24, 2.45) is 4.99 Å². The molecule has 6 rings (SSSR count). The Bertz CT molecular complexity index is 1640. The molecule has 37 heavy (non-hydrogen) atoms. The van der Waals surface area contributed by atoms with Gasteiger partial charge < -0.3 is 19.9 Å². The third kappa shape index (κ3) is 4.61. The molecule has 1 saturated heterocycles. The number of hydrogen-bond acceptors (Lipinski definition) is 8. The minimum Gasteiger partial charge on any atom is -0.493 e. The van der Waals surface area contributed by atoms with Crippen LogP contribution in [0.25, 0.3) is 11.7 Å². The zero-order valence-electron chi connectivity index (χ0n) is 19.4. The van der Waals surface area contributed by atoms with Crippen molar-refractivity contribution in [1.29, 1.82) is 0 Å². The Hall–Kier alpha value is -4.36. The number of anilines is 2. The third-order valence-electron chi connectivity index (χ3n) is 6.36. The summed E-state index contributed by atoms with van der Waals surface area (Å²) >= 11 is 0. The van der Waals surface area contributed by atoms with Crippen LogP contribution in [0.15, 0.2) is 40.4 Å². The summed E-state index contributed by atoms with van der Waals surface area (Å²) in [5, 5.41) is 15.0. The number of rotatable bonds is 4. The maximum atomic E-state index is 13.1. The zero-order chi connectivity index (χ0) is 25.7. The van der Waals surface area contributed by atoms with Gasteiger partial charge in [0.05, 0.1) is 17.8 Å². The van der Waals surface area contributed by atoms with E-state index in [1.165, 1.54) is 6.20 Å².